The fourth-order valence-electron chi connectivity index (χ4n) is 1.83. The number of hydrogen-bond acceptors (Lipinski definition) is 2. The Balaban J connectivity index is 1.96. The quantitative estimate of drug-likeness (QED) is 0.873. The maximum absolute atomic E-state index is 6.10. The Morgan fingerprint density at radius 1 is 1.05 bits per heavy atom. The predicted octanol–water partition coefficient (Wildman–Crippen LogP) is 4.41. The fourth-order valence-corrected chi connectivity index (χ4v) is 2.01. The Kier molecular flexibility index (Phi) is 4.83. The summed E-state index contributed by atoms with van der Waals surface area (Å²) >= 11 is 6.10. The van der Waals surface area contributed by atoms with E-state index in [0.717, 1.165) is 22.8 Å². The van der Waals surface area contributed by atoms with Gasteiger partial charge in [0.25, 0.3) is 0 Å². The predicted molar refractivity (Wildman–Crippen MR) is 80.7 cm³/mol. The third kappa shape index (κ3) is 3.98. The molecule has 0 aliphatic heterocycles. The van der Waals surface area contributed by atoms with Gasteiger partial charge in [-0.15, -0.1) is 0 Å². The summed E-state index contributed by atoms with van der Waals surface area (Å²) in [4.78, 5) is 0. The molecule has 0 atom stereocenters. The molecule has 0 amide bonds. The number of ether oxygens (including phenoxy) is 1. The van der Waals surface area contributed by atoms with Gasteiger partial charge >= 0.3 is 0 Å². The second-order valence-corrected chi connectivity index (χ2v) is 4.97. The molecule has 2 nitrogen and oxygen atoms in total. The highest BCUT2D eigenvalue weighted by Crippen LogP contribution is 2.20. The molecule has 0 radical (unpaired) electrons. The van der Waals surface area contributed by atoms with Crippen LogP contribution in [0.2, 0.25) is 5.02 Å². The van der Waals surface area contributed by atoms with Crippen LogP contribution in [-0.2, 0) is 17.9 Å². The summed E-state index contributed by atoms with van der Waals surface area (Å²) in [6, 6.07) is 14.4. The molecule has 0 fully saturated rings. The summed E-state index contributed by atoms with van der Waals surface area (Å²) in [5.74, 6) is 0. The molecule has 0 unspecified atom stereocenters. The highest BCUT2D eigenvalue weighted by molar-refractivity contribution is 6.31. The molecule has 0 aliphatic carbocycles. The van der Waals surface area contributed by atoms with Crippen molar-refractivity contribution in [2.24, 2.45) is 0 Å². The van der Waals surface area contributed by atoms with Crippen molar-refractivity contribution in [1.29, 1.82) is 0 Å². The number of nitrogens with one attached hydrogen (secondary N) is 1. The standard InChI is InChI=1S/C16H18ClNO/c1-12-3-8-15(9-16(12)17)18-10-13-4-6-14(7-5-13)11-19-2/h3-9,18H,10-11H2,1-2H3. The average Bonchev–Trinajstić information content (AvgIpc) is 2.42. The zero-order valence-corrected chi connectivity index (χ0v) is 12.0. The number of halogens is 1. The molecule has 2 rings (SSSR count). The summed E-state index contributed by atoms with van der Waals surface area (Å²) in [5, 5.41) is 4.16. The Morgan fingerprint density at radius 3 is 2.37 bits per heavy atom. The first-order valence-electron chi connectivity index (χ1n) is 6.26. The minimum atomic E-state index is 0.654. The summed E-state index contributed by atoms with van der Waals surface area (Å²) in [6.07, 6.45) is 0. The van der Waals surface area contributed by atoms with E-state index in [9.17, 15) is 0 Å². The molecule has 1 N–H and O–H groups in total. The highest BCUT2D eigenvalue weighted by atomic mass is 35.5. The van der Waals surface area contributed by atoms with E-state index in [1.165, 1.54) is 11.1 Å². The van der Waals surface area contributed by atoms with Gasteiger partial charge in [-0.1, -0.05) is 41.9 Å². The Bertz CT molecular complexity index is 537. The Labute approximate surface area is 119 Å². The van der Waals surface area contributed by atoms with Crippen molar-refractivity contribution in [2.45, 2.75) is 20.1 Å². The van der Waals surface area contributed by atoms with Crippen LogP contribution in [0.3, 0.4) is 0 Å². The zero-order valence-electron chi connectivity index (χ0n) is 11.2. The number of methoxy groups -OCH3 is 1. The lowest BCUT2D eigenvalue weighted by atomic mass is 10.1. The van der Waals surface area contributed by atoms with Gasteiger partial charge < -0.3 is 10.1 Å². The minimum Gasteiger partial charge on any atom is -0.381 e. The molecule has 0 bridgehead atoms. The summed E-state index contributed by atoms with van der Waals surface area (Å²) < 4.78 is 5.09. The third-order valence-corrected chi connectivity index (χ3v) is 3.41. The molecule has 2 aromatic rings. The number of rotatable bonds is 5. The van der Waals surface area contributed by atoms with Gasteiger partial charge in [-0.3, -0.25) is 0 Å². The van der Waals surface area contributed by atoms with Crippen molar-refractivity contribution in [2.75, 3.05) is 12.4 Å². The van der Waals surface area contributed by atoms with E-state index < -0.39 is 0 Å². The van der Waals surface area contributed by atoms with E-state index in [0.29, 0.717) is 6.61 Å². The van der Waals surface area contributed by atoms with Gasteiger partial charge in [0.15, 0.2) is 0 Å². The van der Waals surface area contributed by atoms with Crippen LogP contribution in [0.15, 0.2) is 42.5 Å². The van der Waals surface area contributed by atoms with Crippen LogP contribution < -0.4 is 5.32 Å². The van der Waals surface area contributed by atoms with Gasteiger partial charge in [-0.25, -0.2) is 0 Å². The van der Waals surface area contributed by atoms with Crippen molar-refractivity contribution >= 4 is 17.3 Å². The monoisotopic (exact) mass is 275 g/mol. The van der Waals surface area contributed by atoms with Crippen molar-refractivity contribution in [3.63, 3.8) is 0 Å². The first-order valence-corrected chi connectivity index (χ1v) is 6.63. The van der Waals surface area contributed by atoms with Crippen LogP contribution in [-0.4, -0.2) is 7.11 Å². The molecule has 3 heteroatoms. The van der Waals surface area contributed by atoms with Crippen molar-refractivity contribution in [3.05, 3.63) is 64.2 Å². The smallest absolute Gasteiger partial charge is 0.0713 e. The number of aryl methyl sites for hydroxylation is 1. The van der Waals surface area contributed by atoms with E-state index in [2.05, 4.69) is 29.6 Å². The van der Waals surface area contributed by atoms with Gasteiger partial charge in [0.05, 0.1) is 6.61 Å². The fraction of sp³-hybridized carbons (Fsp3) is 0.250. The van der Waals surface area contributed by atoms with Crippen LogP contribution in [0, 0.1) is 6.92 Å². The molecule has 0 aromatic heterocycles. The summed E-state index contributed by atoms with van der Waals surface area (Å²) in [7, 11) is 1.70. The number of benzene rings is 2. The SMILES string of the molecule is COCc1ccc(CNc2ccc(C)c(Cl)c2)cc1. The lowest BCUT2D eigenvalue weighted by Crippen LogP contribution is -1.99. The number of hydrogen-bond donors (Lipinski definition) is 1. The average molecular weight is 276 g/mol. The van der Waals surface area contributed by atoms with Gasteiger partial charge in [0.2, 0.25) is 0 Å². The Morgan fingerprint density at radius 2 is 1.74 bits per heavy atom. The highest BCUT2D eigenvalue weighted by Gasteiger charge is 1.98. The third-order valence-electron chi connectivity index (χ3n) is 3.00. The molecule has 0 heterocycles. The largest absolute Gasteiger partial charge is 0.381 e. The van der Waals surface area contributed by atoms with E-state index >= 15 is 0 Å². The van der Waals surface area contributed by atoms with Gasteiger partial charge in [-0.05, 0) is 35.7 Å². The second-order valence-electron chi connectivity index (χ2n) is 4.57. The van der Waals surface area contributed by atoms with Crippen LogP contribution in [0.5, 0.6) is 0 Å². The maximum Gasteiger partial charge on any atom is 0.0713 e. The zero-order chi connectivity index (χ0) is 13.7. The maximum atomic E-state index is 6.10. The molecule has 0 spiro atoms. The molecular formula is C16H18ClNO. The minimum absolute atomic E-state index is 0.654. The molecule has 0 saturated carbocycles. The molecule has 19 heavy (non-hydrogen) atoms. The van der Waals surface area contributed by atoms with Crippen LogP contribution >= 0.6 is 11.6 Å². The van der Waals surface area contributed by atoms with E-state index in [4.69, 9.17) is 16.3 Å². The topological polar surface area (TPSA) is 21.3 Å². The van der Waals surface area contributed by atoms with E-state index in [1.54, 1.807) is 7.11 Å². The van der Waals surface area contributed by atoms with Gasteiger partial charge in [0, 0.05) is 24.4 Å². The van der Waals surface area contributed by atoms with Gasteiger partial charge in [-0.2, -0.15) is 0 Å². The lowest BCUT2D eigenvalue weighted by Gasteiger charge is -2.08. The van der Waals surface area contributed by atoms with E-state index in [1.807, 2.05) is 25.1 Å². The lowest BCUT2D eigenvalue weighted by molar-refractivity contribution is 0.185. The summed E-state index contributed by atoms with van der Waals surface area (Å²) in [5.41, 5.74) is 4.55. The Hall–Kier alpha value is -1.51. The molecule has 2 aromatic carbocycles. The molecule has 0 aliphatic rings. The van der Waals surface area contributed by atoms with Crippen molar-refractivity contribution < 1.29 is 4.74 Å². The van der Waals surface area contributed by atoms with E-state index in [-0.39, 0.29) is 0 Å². The number of anilines is 1. The summed E-state index contributed by atoms with van der Waals surface area (Å²) in [6.45, 7) is 3.44. The van der Waals surface area contributed by atoms with Crippen LogP contribution in [0.4, 0.5) is 5.69 Å². The van der Waals surface area contributed by atoms with Crippen LogP contribution in [0.1, 0.15) is 16.7 Å². The normalized spacial score (nSPS) is 10.5. The first kappa shape index (κ1) is 13.9. The van der Waals surface area contributed by atoms with Crippen LogP contribution in [0.25, 0.3) is 0 Å². The van der Waals surface area contributed by atoms with Crippen molar-refractivity contribution in [1.82, 2.24) is 0 Å². The van der Waals surface area contributed by atoms with Gasteiger partial charge in [0.1, 0.15) is 0 Å². The molecular weight excluding hydrogens is 258 g/mol. The molecule has 0 saturated heterocycles. The second kappa shape index (κ2) is 6.60. The first-order chi connectivity index (χ1) is 9.19. The van der Waals surface area contributed by atoms with Crippen molar-refractivity contribution in [3.8, 4) is 0 Å². The molecule has 100 valence electrons.